The monoisotopic (exact) mass is 496 g/mol. The SMILES string of the molecule is C=C(CC[C@@H](C)[C@H]1CC[C@@]2(C)[C@@H]3CC[C@H]4C(C)(C)[C@@H](OC(C)=O)CC[C@@]45C[C@@]35CC[C@]12C)C(C)(C)C. The molecule has 5 saturated carbocycles. The predicted octanol–water partition coefficient (Wildman–Crippen LogP) is 9.38. The van der Waals surface area contributed by atoms with Gasteiger partial charge in [0.15, 0.2) is 0 Å². The molecule has 2 heteroatoms. The second kappa shape index (κ2) is 8.11. The van der Waals surface area contributed by atoms with Crippen molar-refractivity contribution in [3.63, 3.8) is 0 Å². The smallest absolute Gasteiger partial charge is 0.302 e. The molecule has 204 valence electrons. The lowest BCUT2D eigenvalue weighted by Crippen LogP contribution is -2.58. The fourth-order valence-corrected chi connectivity index (χ4v) is 11.7. The van der Waals surface area contributed by atoms with Crippen LogP contribution in [0.25, 0.3) is 0 Å². The molecule has 0 amide bonds. The van der Waals surface area contributed by atoms with E-state index < -0.39 is 0 Å². The molecule has 0 aromatic rings. The average molecular weight is 497 g/mol. The minimum Gasteiger partial charge on any atom is -0.462 e. The van der Waals surface area contributed by atoms with Crippen LogP contribution in [0.3, 0.4) is 0 Å². The minimum atomic E-state index is -0.0960. The van der Waals surface area contributed by atoms with Crippen molar-refractivity contribution in [1.82, 2.24) is 0 Å². The quantitative estimate of drug-likeness (QED) is 0.280. The van der Waals surface area contributed by atoms with Crippen LogP contribution in [0, 0.1) is 56.2 Å². The third-order valence-corrected chi connectivity index (χ3v) is 14.1. The molecule has 0 saturated heterocycles. The van der Waals surface area contributed by atoms with Crippen LogP contribution in [0.2, 0.25) is 0 Å². The highest BCUT2D eigenvalue weighted by Gasteiger charge is 2.82. The summed E-state index contributed by atoms with van der Waals surface area (Å²) in [5.41, 5.74) is 3.81. The molecule has 0 unspecified atom stereocenters. The van der Waals surface area contributed by atoms with Gasteiger partial charge in [-0.3, -0.25) is 4.79 Å². The lowest BCUT2D eigenvalue weighted by Gasteiger charge is -2.63. The van der Waals surface area contributed by atoms with Gasteiger partial charge >= 0.3 is 5.97 Å². The largest absolute Gasteiger partial charge is 0.462 e. The zero-order valence-electron chi connectivity index (χ0n) is 25.2. The van der Waals surface area contributed by atoms with Gasteiger partial charge in [0.1, 0.15) is 6.10 Å². The Kier molecular flexibility index (Phi) is 6.04. The molecule has 0 radical (unpaired) electrons. The molecule has 0 aromatic carbocycles. The number of carbonyl (C=O) groups excluding carboxylic acids is 1. The first kappa shape index (κ1) is 26.8. The average Bonchev–Trinajstić information content (AvgIpc) is 3.35. The summed E-state index contributed by atoms with van der Waals surface area (Å²) in [6, 6.07) is 0. The van der Waals surface area contributed by atoms with Gasteiger partial charge in [-0.05, 0) is 121 Å². The topological polar surface area (TPSA) is 26.3 Å². The van der Waals surface area contributed by atoms with E-state index >= 15 is 0 Å². The molecule has 0 bridgehead atoms. The van der Waals surface area contributed by atoms with Gasteiger partial charge in [0.25, 0.3) is 0 Å². The van der Waals surface area contributed by atoms with Crippen LogP contribution in [0.5, 0.6) is 0 Å². The van der Waals surface area contributed by atoms with Crippen molar-refractivity contribution in [3.05, 3.63) is 12.2 Å². The zero-order chi connectivity index (χ0) is 26.5. The third-order valence-electron chi connectivity index (χ3n) is 14.1. The Morgan fingerprint density at radius 2 is 1.56 bits per heavy atom. The van der Waals surface area contributed by atoms with Crippen molar-refractivity contribution in [2.75, 3.05) is 0 Å². The summed E-state index contributed by atoms with van der Waals surface area (Å²) in [4.78, 5) is 11.9. The van der Waals surface area contributed by atoms with E-state index in [1.54, 1.807) is 6.92 Å². The van der Waals surface area contributed by atoms with Crippen molar-refractivity contribution in [1.29, 1.82) is 0 Å². The van der Waals surface area contributed by atoms with Gasteiger partial charge in [-0.2, -0.15) is 0 Å². The summed E-state index contributed by atoms with van der Waals surface area (Å²) in [5.74, 6) is 3.15. The maximum atomic E-state index is 11.9. The highest BCUT2D eigenvalue weighted by atomic mass is 16.5. The highest BCUT2D eigenvalue weighted by Crippen LogP contribution is 2.89. The molecule has 5 fully saturated rings. The summed E-state index contributed by atoms with van der Waals surface area (Å²) in [7, 11) is 0. The molecule has 5 aliphatic rings. The number of hydrogen-bond acceptors (Lipinski definition) is 2. The van der Waals surface area contributed by atoms with E-state index in [1.807, 2.05) is 0 Å². The zero-order valence-corrected chi connectivity index (χ0v) is 25.2. The Hall–Kier alpha value is -0.790. The number of rotatable bonds is 5. The molecular formula is C34H56O2. The first-order valence-electron chi connectivity index (χ1n) is 15.4. The molecule has 0 heterocycles. The maximum Gasteiger partial charge on any atom is 0.302 e. The van der Waals surface area contributed by atoms with Crippen LogP contribution in [-0.4, -0.2) is 12.1 Å². The van der Waals surface area contributed by atoms with Gasteiger partial charge in [0, 0.05) is 12.3 Å². The summed E-state index contributed by atoms with van der Waals surface area (Å²) in [5, 5.41) is 0. The van der Waals surface area contributed by atoms with Gasteiger partial charge < -0.3 is 4.74 Å². The first-order valence-corrected chi connectivity index (χ1v) is 15.4. The second-order valence-electron chi connectivity index (χ2n) is 16.5. The fraction of sp³-hybridized carbons (Fsp3) is 0.912. The van der Waals surface area contributed by atoms with E-state index in [2.05, 4.69) is 62.0 Å². The minimum absolute atomic E-state index is 0.0960. The number of allylic oxidation sites excluding steroid dienone is 1. The van der Waals surface area contributed by atoms with E-state index in [9.17, 15) is 4.79 Å². The summed E-state index contributed by atoms with van der Waals surface area (Å²) >= 11 is 0. The molecule has 0 aromatic heterocycles. The number of esters is 1. The fourth-order valence-electron chi connectivity index (χ4n) is 11.7. The van der Waals surface area contributed by atoms with Gasteiger partial charge in [0.05, 0.1) is 0 Å². The Balaban J connectivity index is 1.36. The van der Waals surface area contributed by atoms with Crippen molar-refractivity contribution in [3.8, 4) is 0 Å². The number of fused-ring (bicyclic) bond motifs is 2. The molecule has 2 spiro atoms. The number of carbonyl (C=O) groups is 1. The molecule has 5 aliphatic carbocycles. The third kappa shape index (κ3) is 3.43. The number of hydrogen-bond donors (Lipinski definition) is 0. The van der Waals surface area contributed by atoms with Gasteiger partial charge in [-0.25, -0.2) is 0 Å². The van der Waals surface area contributed by atoms with Crippen LogP contribution in [0.4, 0.5) is 0 Å². The Bertz CT molecular complexity index is 924. The summed E-state index contributed by atoms with van der Waals surface area (Å²) in [6.45, 7) is 25.9. The van der Waals surface area contributed by atoms with Crippen molar-refractivity contribution >= 4 is 5.97 Å². The lowest BCUT2D eigenvalue weighted by molar-refractivity contribution is -0.181. The molecule has 36 heavy (non-hydrogen) atoms. The summed E-state index contributed by atoms with van der Waals surface area (Å²) in [6.07, 6.45) is 14.9. The highest BCUT2D eigenvalue weighted by molar-refractivity contribution is 5.66. The van der Waals surface area contributed by atoms with Crippen LogP contribution in [0.15, 0.2) is 12.2 Å². The Morgan fingerprint density at radius 3 is 2.19 bits per heavy atom. The van der Waals surface area contributed by atoms with E-state index in [0.29, 0.717) is 27.6 Å². The molecule has 2 nitrogen and oxygen atoms in total. The van der Waals surface area contributed by atoms with E-state index in [1.165, 1.54) is 69.8 Å². The van der Waals surface area contributed by atoms with Crippen LogP contribution in [-0.2, 0) is 9.53 Å². The molecule has 0 N–H and O–H groups in total. The van der Waals surface area contributed by atoms with Gasteiger partial charge in [0.2, 0.25) is 0 Å². The molecule has 0 aliphatic heterocycles. The number of ether oxygens (including phenoxy) is 1. The Labute approximate surface area is 222 Å². The van der Waals surface area contributed by atoms with Gasteiger partial charge in [-0.1, -0.05) is 67.5 Å². The first-order chi connectivity index (χ1) is 16.6. The molecule has 9 atom stereocenters. The second-order valence-corrected chi connectivity index (χ2v) is 16.5. The van der Waals surface area contributed by atoms with Crippen LogP contribution >= 0.6 is 0 Å². The van der Waals surface area contributed by atoms with E-state index in [-0.39, 0.29) is 22.9 Å². The molecule has 5 rings (SSSR count). The van der Waals surface area contributed by atoms with Crippen molar-refractivity contribution in [2.45, 2.75) is 139 Å². The Morgan fingerprint density at radius 1 is 0.917 bits per heavy atom. The van der Waals surface area contributed by atoms with Crippen molar-refractivity contribution in [2.24, 2.45) is 56.2 Å². The predicted molar refractivity (Wildman–Crippen MR) is 149 cm³/mol. The maximum absolute atomic E-state index is 11.9. The van der Waals surface area contributed by atoms with E-state index in [4.69, 9.17) is 4.74 Å². The normalized spacial score (nSPS) is 47.6. The summed E-state index contributed by atoms with van der Waals surface area (Å²) < 4.78 is 5.91. The van der Waals surface area contributed by atoms with Gasteiger partial charge in [-0.15, -0.1) is 0 Å². The lowest BCUT2D eigenvalue weighted by atomic mass is 9.41. The van der Waals surface area contributed by atoms with E-state index in [0.717, 1.165) is 24.2 Å². The van der Waals surface area contributed by atoms with Crippen LogP contribution in [0.1, 0.15) is 133 Å². The van der Waals surface area contributed by atoms with Crippen LogP contribution < -0.4 is 0 Å². The molecular weight excluding hydrogens is 440 g/mol. The van der Waals surface area contributed by atoms with Crippen molar-refractivity contribution < 1.29 is 9.53 Å². The standard InChI is InChI=1S/C34H56O2/c1-22(11-12-23(2)29(4,5)6)25-15-17-32(10)27-14-13-26-30(7,8)28(36-24(3)35)16-18-33(26)21-34(27,33)20-19-31(25,32)9/h22,25-28H,2,11-21H2,1,3-10H3/t22-,25-,26+,27+,28+,31-,32+,33-,34+/m1/s1.